The van der Waals surface area contributed by atoms with E-state index in [1.165, 1.54) is 4.90 Å². The van der Waals surface area contributed by atoms with Crippen LogP contribution in [0.4, 0.5) is 4.79 Å². The highest BCUT2D eigenvalue weighted by molar-refractivity contribution is 5.76. The van der Waals surface area contributed by atoms with Gasteiger partial charge in [0.05, 0.1) is 5.60 Å². The summed E-state index contributed by atoms with van der Waals surface area (Å²) in [6.45, 7) is 6.33. The van der Waals surface area contributed by atoms with E-state index >= 15 is 0 Å². The molecule has 0 bridgehead atoms. The molecular weight excluding hydrogens is 226 g/mol. The predicted octanol–water partition coefficient (Wildman–Crippen LogP) is 1.44. The molecule has 6 heteroatoms. The van der Waals surface area contributed by atoms with Gasteiger partial charge in [-0.25, -0.2) is 9.59 Å². The largest absolute Gasteiger partial charge is 0.477 e. The molecular formula is C11H19NO5. The van der Waals surface area contributed by atoms with Crippen molar-refractivity contribution in [2.45, 2.75) is 45.5 Å². The van der Waals surface area contributed by atoms with Crippen LogP contribution in [0.25, 0.3) is 0 Å². The molecule has 1 atom stereocenters. The molecule has 0 aliphatic carbocycles. The SMILES string of the molecule is CC(C)(C)OC(OC(=O)N1CCCC1)C(=O)O. The van der Waals surface area contributed by atoms with Gasteiger partial charge in [0.15, 0.2) is 0 Å². The van der Waals surface area contributed by atoms with E-state index in [4.69, 9.17) is 14.6 Å². The number of aliphatic carboxylic acids is 1. The lowest BCUT2D eigenvalue weighted by Crippen LogP contribution is -2.40. The molecule has 1 unspecified atom stereocenters. The van der Waals surface area contributed by atoms with Crippen molar-refractivity contribution in [2.24, 2.45) is 0 Å². The number of likely N-dealkylation sites (tertiary alicyclic amines) is 1. The van der Waals surface area contributed by atoms with Gasteiger partial charge in [0.25, 0.3) is 0 Å². The van der Waals surface area contributed by atoms with Crippen molar-refractivity contribution < 1.29 is 24.2 Å². The molecule has 0 aromatic rings. The highest BCUT2D eigenvalue weighted by Crippen LogP contribution is 2.15. The zero-order chi connectivity index (χ0) is 13.1. The molecule has 1 rings (SSSR count). The molecule has 0 saturated carbocycles. The Kier molecular flexibility index (Phi) is 4.34. The second-order valence-corrected chi connectivity index (χ2v) is 4.98. The van der Waals surface area contributed by atoms with Gasteiger partial charge in [-0.2, -0.15) is 0 Å². The lowest BCUT2D eigenvalue weighted by Gasteiger charge is -2.26. The highest BCUT2D eigenvalue weighted by Gasteiger charge is 2.31. The Morgan fingerprint density at radius 2 is 1.76 bits per heavy atom. The summed E-state index contributed by atoms with van der Waals surface area (Å²) in [4.78, 5) is 24.0. The normalized spacial score (nSPS) is 17.9. The minimum absolute atomic E-state index is 0.612. The maximum atomic E-state index is 11.6. The quantitative estimate of drug-likeness (QED) is 0.761. The molecule has 0 aromatic heterocycles. The van der Waals surface area contributed by atoms with Crippen LogP contribution in [-0.2, 0) is 14.3 Å². The Morgan fingerprint density at radius 1 is 1.24 bits per heavy atom. The first kappa shape index (κ1) is 13.8. The molecule has 1 heterocycles. The van der Waals surface area contributed by atoms with Crippen LogP contribution in [0.1, 0.15) is 33.6 Å². The van der Waals surface area contributed by atoms with E-state index in [9.17, 15) is 9.59 Å². The van der Waals surface area contributed by atoms with Crippen LogP contribution in [-0.4, -0.2) is 47.0 Å². The maximum Gasteiger partial charge on any atom is 0.412 e. The zero-order valence-electron chi connectivity index (χ0n) is 10.4. The topological polar surface area (TPSA) is 76.1 Å². The summed E-state index contributed by atoms with van der Waals surface area (Å²) in [5.74, 6) is -1.30. The Bertz CT molecular complexity index is 291. The second-order valence-electron chi connectivity index (χ2n) is 4.98. The molecule has 98 valence electrons. The van der Waals surface area contributed by atoms with Crippen molar-refractivity contribution in [3.63, 3.8) is 0 Å². The number of nitrogens with zero attached hydrogens (tertiary/aromatic N) is 1. The van der Waals surface area contributed by atoms with Gasteiger partial charge in [0.1, 0.15) is 0 Å². The molecule has 1 N–H and O–H groups in total. The standard InChI is InChI=1S/C11H19NO5/c1-11(2,3)17-9(8(13)14)16-10(15)12-6-4-5-7-12/h9H,4-7H2,1-3H3,(H,13,14). The van der Waals surface area contributed by atoms with E-state index in [2.05, 4.69) is 0 Å². The molecule has 1 aliphatic rings. The number of ether oxygens (including phenoxy) is 2. The van der Waals surface area contributed by atoms with Crippen molar-refractivity contribution in [2.75, 3.05) is 13.1 Å². The first-order valence-electron chi connectivity index (χ1n) is 5.66. The minimum Gasteiger partial charge on any atom is -0.477 e. The lowest BCUT2D eigenvalue weighted by atomic mass is 10.2. The summed E-state index contributed by atoms with van der Waals surface area (Å²) in [5, 5.41) is 8.91. The van der Waals surface area contributed by atoms with E-state index in [1.807, 2.05) is 0 Å². The molecule has 0 radical (unpaired) electrons. The average Bonchev–Trinajstić information content (AvgIpc) is 2.66. The third-order valence-electron chi connectivity index (χ3n) is 2.23. The van der Waals surface area contributed by atoms with Crippen LogP contribution in [0.15, 0.2) is 0 Å². The van der Waals surface area contributed by atoms with Crippen molar-refractivity contribution in [3.8, 4) is 0 Å². The van der Waals surface area contributed by atoms with Crippen molar-refractivity contribution in [1.29, 1.82) is 0 Å². The van der Waals surface area contributed by atoms with Gasteiger partial charge in [-0.05, 0) is 33.6 Å². The average molecular weight is 245 g/mol. The monoisotopic (exact) mass is 245 g/mol. The molecule has 6 nitrogen and oxygen atoms in total. The van der Waals surface area contributed by atoms with Crippen LogP contribution in [0.5, 0.6) is 0 Å². The second kappa shape index (κ2) is 5.35. The number of carboxylic acids is 1. The number of amides is 1. The van der Waals surface area contributed by atoms with Crippen LogP contribution in [0.2, 0.25) is 0 Å². The summed E-state index contributed by atoms with van der Waals surface area (Å²) >= 11 is 0. The molecule has 1 fully saturated rings. The Hall–Kier alpha value is -1.30. The van der Waals surface area contributed by atoms with Gasteiger partial charge in [0, 0.05) is 13.1 Å². The van der Waals surface area contributed by atoms with E-state index < -0.39 is 24.0 Å². The molecule has 1 saturated heterocycles. The van der Waals surface area contributed by atoms with Crippen molar-refractivity contribution in [3.05, 3.63) is 0 Å². The fourth-order valence-electron chi connectivity index (χ4n) is 1.51. The Morgan fingerprint density at radius 3 is 2.18 bits per heavy atom. The fourth-order valence-corrected chi connectivity index (χ4v) is 1.51. The zero-order valence-corrected chi connectivity index (χ0v) is 10.4. The first-order valence-corrected chi connectivity index (χ1v) is 5.66. The van der Waals surface area contributed by atoms with Gasteiger partial charge in [-0.15, -0.1) is 0 Å². The van der Waals surface area contributed by atoms with Crippen LogP contribution >= 0.6 is 0 Å². The maximum absolute atomic E-state index is 11.6. The summed E-state index contributed by atoms with van der Waals surface area (Å²) in [6, 6.07) is 0. The molecule has 1 amide bonds. The predicted molar refractivity (Wildman–Crippen MR) is 59.5 cm³/mol. The van der Waals surface area contributed by atoms with E-state index in [1.54, 1.807) is 20.8 Å². The number of rotatable bonds is 3. The summed E-state index contributed by atoms with van der Waals surface area (Å²) in [7, 11) is 0. The smallest absolute Gasteiger partial charge is 0.412 e. The molecule has 0 spiro atoms. The summed E-state index contributed by atoms with van der Waals surface area (Å²) in [5.41, 5.74) is -0.686. The Labute approximate surface area is 100 Å². The number of carbonyl (C=O) groups is 2. The number of carboxylic acid groups (broad SMARTS) is 1. The third-order valence-corrected chi connectivity index (χ3v) is 2.23. The first-order chi connectivity index (χ1) is 7.79. The third kappa shape index (κ3) is 4.60. The van der Waals surface area contributed by atoms with Gasteiger partial charge < -0.3 is 19.5 Å². The molecule has 0 aromatic carbocycles. The summed E-state index contributed by atoms with van der Waals surface area (Å²) in [6.07, 6.45) is -0.331. The minimum atomic E-state index is -1.55. The molecule has 17 heavy (non-hydrogen) atoms. The van der Waals surface area contributed by atoms with Crippen LogP contribution < -0.4 is 0 Å². The van der Waals surface area contributed by atoms with Crippen molar-refractivity contribution in [1.82, 2.24) is 4.90 Å². The summed E-state index contributed by atoms with van der Waals surface area (Å²) < 4.78 is 10.00. The lowest BCUT2D eigenvalue weighted by molar-refractivity contribution is -0.200. The van der Waals surface area contributed by atoms with Gasteiger partial charge in [0.2, 0.25) is 0 Å². The van der Waals surface area contributed by atoms with Crippen molar-refractivity contribution >= 4 is 12.1 Å². The number of hydrogen-bond donors (Lipinski definition) is 1. The number of hydrogen-bond acceptors (Lipinski definition) is 4. The van der Waals surface area contributed by atoms with Gasteiger partial charge >= 0.3 is 18.4 Å². The highest BCUT2D eigenvalue weighted by atomic mass is 16.7. The van der Waals surface area contributed by atoms with Crippen LogP contribution in [0.3, 0.4) is 0 Å². The number of carbonyl (C=O) groups excluding carboxylic acids is 1. The molecule has 1 aliphatic heterocycles. The van der Waals surface area contributed by atoms with Gasteiger partial charge in [-0.1, -0.05) is 0 Å². The van der Waals surface area contributed by atoms with Crippen LogP contribution in [0, 0.1) is 0 Å². The van der Waals surface area contributed by atoms with Gasteiger partial charge in [-0.3, -0.25) is 0 Å². The Balaban J connectivity index is 2.54. The fraction of sp³-hybridized carbons (Fsp3) is 0.818. The van der Waals surface area contributed by atoms with E-state index in [0.717, 1.165) is 12.8 Å². The van der Waals surface area contributed by atoms with E-state index in [-0.39, 0.29) is 0 Å². The van der Waals surface area contributed by atoms with E-state index in [0.29, 0.717) is 13.1 Å².